The smallest absolute Gasteiger partial charge is 0.219 e. The van der Waals surface area contributed by atoms with E-state index in [1.54, 1.807) is 22.7 Å². The fourth-order valence-corrected chi connectivity index (χ4v) is 4.60. The van der Waals surface area contributed by atoms with E-state index < -0.39 is 17.5 Å². The van der Waals surface area contributed by atoms with Gasteiger partial charge in [-0.15, -0.1) is 0 Å². The van der Waals surface area contributed by atoms with E-state index in [-0.39, 0.29) is 18.0 Å². The summed E-state index contributed by atoms with van der Waals surface area (Å²) in [5.74, 6) is -2.19. The van der Waals surface area contributed by atoms with Crippen LogP contribution in [0, 0.1) is 17.5 Å². The Morgan fingerprint density at radius 1 is 1.00 bits per heavy atom. The Hall–Kier alpha value is -3.47. The lowest BCUT2D eigenvalue weighted by Gasteiger charge is -2.37. The van der Waals surface area contributed by atoms with Gasteiger partial charge < -0.3 is 9.80 Å². The molecule has 0 radical (unpaired) electrons. The van der Waals surface area contributed by atoms with Gasteiger partial charge in [0.2, 0.25) is 5.91 Å². The molecule has 0 aliphatic carbocycles. The number of hydrogen-bond donors (Lipinski definition) is 0. The molecule has 11 heteroatoms. The number of aryl methyl sites for hydroxylation is 1. The summed E-state index contributed by atoms with van der Waals surface area (Å²) in [6, 6.07) is 1.76. The minimum Gasteiger partial charge on any atom is -0.352 e. The Morgan fingerprint density at radius 2 is 1.74 bits per heavy atom. The molecule has 2 aromatic heterocycles. The van der Waals surface area contributed by atoms with Crippen molar-refractivity contribution in [3.8, 4) is 11.3 Å². The molecule has 1 saturated heterocycles. The first-order valence-electron chi connectivity index (χ1n) is 11.5. The van der Waals surface area contributed by atoms with Gasteiger partial charge in [0.15, 0.2) is 17.5 Å². The highest BCUT2D eigenvalue weighted by Gasteiger charge is 2.28. The fourth-order valence-electron chi connectivity index (χ4n) is 4.60. The van der Waals surface area contributed by atoms with Gasteiger partial charge >= 0.3 is 0 Å². The van der Waals surface area contributed by atoms with Crippen LogP contribution in [0.1, 0.15) is 23.9 Å². The Kier molecular flexibility index (Phi) is 6.18. The predicted molar refractivity (Wildman–Crippen MR) is 123 cm³/mol. The third-order valence-corrected chi connectivity index (χ3v) is 6.61. The molecule has 2 aliphatic heterocycles. The summed E-state index contributed by atoms with van der Waals surface area (Å²) in [4.78, 5) is 27.5. The lowest BCUT2D eigenvalue weighted by atomic mass is 10.1. The van der Waals surface area contributed by atoms with E-state index >= 15 is 0 Å². The SMILES string of the molecule is CC(=O)N1CCc2nc(N3CCN(Cc4c(F)ccc(F)c4F)CC3)c(-c3cnn(C)c3)nc2C1. The van der Waals surface area contributed by atoms with Crippen molar-refractivity contribution in [1.29, 1.82) is 0 Å². The van der Waals surface area contributed by atoms with Gasteiger partial charge in [-0.1, -0.05) is 0 Å². The summed E-state index contributed by atoms with van der Waals surface area (Å²) >= 11 is 0. The number of piperazine rings is 1. The van der Waals surface area contributed by atoms with Crippen LogP contribution in [-0.4, -0.2) is 68.2 Å². The molecule has 1 fully saturated rings. The number of benzene rings is 1. The lowest BCUT2D eigenvalue weighted by Crippen LogP contribution is -2.47. The zero-order valence-corrected chi connectivity index (χ0v) is 19.6. The summed E-state index contributed by atoms with van der Waals surface area (Å²) in [6.45, 7) is 4.76. The number of anilines is 1. The molecule has 184 valence electrons. The van der Waals surface area contributed by atoms with Crippen molar-refractivity contribution < 1.29 is 18.0 Å². The van der Waals surface area contributed by atoms with Gasteiger partial charge in [0.1, 0.15) is 11.5 Å². The van der Waals surface area contributed by atoms with Crippen LogP contribution in [0.4, 0.5) is 19.0 Å². The second-order valence-electron chi connectivity index (χ2n) is 8.97. The van der Waals surface area contributed by atoms with Gasteiger partial charge in [0, 0.05) is 77.0 Å². The van der Waals surface area contributed by atoms with Crippen molar-refractivity contribution >= 4 is 11.7 Å². The van der Waals surface area contributed by atoms with Crippen LogP contribution < -0.4 is 4.90 Å². The van der Waals surface area contributed by atoms with E-state index in [1.165, 1.54) is 0 Å². The standard InChI is InChI=1S/C24H26F3N7O/c1-15(35)34-6-5-20-21(14-34)29-23(16-11-28-31(2)12-16)24(30-20)33-9-7-32(8-10-33)13-17-18(25)3-4-19(26)22(17)27/h3-4,11-12H,5-10,13-14H2,1-2H3. The fraction of sp³-hybridized carbons (Fsp3) is 0.417. The molecule has 0 N–H and O–H groups in total. The van der Waals surface area contributed by atoms with Crippen LogP contribution in [0.15, 0.2) is 24.5 Å². The highest BCUT2D eigenvalue weighted by Crippen LogP contribution is 2.31. The highest BCUT2D eigenvalue weighted by atomic mass is 19.2. The molecule has 0 atom stereocenters. The van der Waals surface area contributed by atoms with Crippen molar-refractivity contribution in [1.82, 2.24) is 29.5 Å². The molecular weight excluding hydrogens is 459 g/mol. The first kappa shape index (κ1) is 23.3. The minimum absolute atomic E-state index is 0.00449. The van der Waals surface area contributed by atoms with Crippen LogP contribution in [0.25, 0.3) is 11.3 Å². The first-order valence-corrected chi connectivity index (χ1v) is 11.5. The van der Waals surface area contributed by atoms with E-state index in [4.69, 9.17) is 9.97 Å². The molecule has 2 aliphatic rings. The molecule has 0 bridgehead atoms. The second kappa shape index (κ2) is 9.29. The van der Waals surface area contributed by atoms with Crippen molar-refractivity contribution in [3.63, 3.8) is 0 Å². The summed E-state index contributed by atoms with van der Waals surface area (Å²) in [5, 5.41) is 4.27. The van der Waals surface area contributed by atoms with Crippen LogP contribution in [-0.2, 0) is 31.4 Å². The third-order valence-electron chi connectivity index (χ3n) is 6.61. The number of rotatable bonds is 4. The second-order valence-corrected chi connectivity index (χ2v) is 8.97. The van der Waals surface area contributed by atoms with Crippen LogP contribution in [0.3, 0.4) is 0 Å². The molecular formula is C24H26F3N7O. The van der Waals surface area contributed by atoms with E-state index in [1.807, 2.05) is 18.1 Å². The minimum atomic E-state index is -1.13. The number of fused-ring (bicyclic) bond motifs is 1. The van der Waals surface area contributed by atoms with E-state index in [0.717, 1.165) is 34.9 Å². The highest BCUT2D eigenvalue weighted by molar-refractivity contribution is 5.74. The summed E-state index contributed by atoms with van der Waals surface area (Å²) in [5.41, 5.74) is 2.92. The Labute approximate surface area is 201 Å². The number of aromatic nitrogens is 4. The Balaban J connectivity index is 1.39. The van der Waals surface area contributed by atoms with Crippen molar-refractivity contribution in [3.05, 3.63) is 58.9 Å². The van der Waals surface area contributed by atoms with Gasteiger partial charge in [-0.05, 0) is 12.1 Å². The molecule has 4 heterocycles. The van der Waals surface area contributed by atoms with Crippen molar-refractivity contribution in [2.45, 2.75) is 26.4 Å². The Bertz CT molecular complexity index is 1270. The number of carbonyl (C=O) groups excluding carboxylic acids is 1. The maximum Gasteiger partial charge on any atom is 0.219 e. The van der Waals surface area contributed by atoms with Gasteiger partial charge in [-0.2, -0.15) is 5.10 Å². The number of hydrogen-bond acceptors (Lipinski definition) is 6. The van der Waals surface area contributed by atoms with Crippen LogP contribution >= 0.6 is 0 Å². The molecule has 35 heavy (non-hydrogen) atoms. The average Bonchev–Trinajstić information content (AvgIpc) is 3.29. The first-order chi connectivity index (χ1) is 16.8. The molecule has 8 nitrogen and oxygen atoms in total. The molecule has 1 aromatic carbocycles. The maximum absolute atomic E-state index is 14.1. The van der Waals surface area contributed by atoms with Gasteiger partial charge in [-0.25, -0.2) is 23.1 Å². The number of nitrogens with zero attached hydrogens (tertiary/aromatic N) is 7. The lowest BCUT2D eigenvalue weighted by molar-refractivity contribution is -0.129. The van der Waals surface area contributed by atoms with Gasteiger partial charge in [0.05, 0.1) is 24.1 Å². The summed E-state index contributed by atoms with van der Waals surface area (Å²) < 4.78 is 43.5. The topological polar surface area (TPSA) is 70.4 Å². The quantitative estimate of drug-likeness (QED) is 0.529. The normalized spacial score (nSPS) is 16.5. The monoisotopic (exact) mass is 485 g/mol. The molecule has 1 amide bonds. The molecule has 0 saturated carbocycles. The largest absolute Gasteiger partial charge is 0.352 e. The average molecular weight is 486 g/mol. The van der Waals surface area contributed by atoms with E-state index in [9.17, 15) is 18.0 Å². The van der Waals surface area contributed by atoms with E-state index in [2.05, 4.69) is 10.00 Å². The molecule has 5 rings (SSSR count). The van der Waals surface area contributed by atoms with Crippen LogP contribution in [0.5, 0.6) is 0 Å². The molecule has 0 spiro atoms. The van der Waals surface area contributed by atoms with E-state index in [0.29, 0.717) is 51.4 Å². The molecule has 0 unspecified atom stereocenters. The van der Waals surface area contributed by atoms with Crippen LogP contribution in [0.2, 0.25) is 0 Å². The zero-order chi connectivity index (χ0) is 24.7. The number of halogens is 3. The van der Waals surface area contributed by atoms with Crippen molar-refractivity contribution in [2.24, 2.45) is 7.05 Å². The summed E-state index contributed by atoms with van der Waals surface area (Å²) in [7, 11) is 1.83. The summed E-state index contributed by atoms with van der Waals surface area (Å²) in [6.07, 6.45) is 4.23. The third kappa shape index (κ3) is 4.60. The van der Waals surface area contributed by atoms with Gasteiger partial charge in [0.25, 0.3) is 0 Å². The van der Waals surface area contributed by atoms with Gasteiger partial charge in [-0.3, -0.25) is 14.4 Å². The predicted octanol–water partition coefficient (Wildman–Crippen LogP) is 2.52. The number of carbonyl (C=O) groups is 1. The van der Waals surface area contributed by atoms with Crippen molar-refractivity contribution in [2.75, 3.05) is 37.6 Å². The number of amides is 1. The maximum atomic E-state index is 14.1. The Morgan fingerprint density at radius 3 is 2.43 bits per heavy atom. The zero-order valence-electron chi connectivity index (χ0n) is 19.6. The molecule has 3 aromatic rings.